The highest BCUT2D eigenvalue weighted by Gasteiger charge is 2.59. The maximum absolute atomic E-state index is 13.8. The van der Waals surface area contributed by atoms with Gasteiger partial charge in [0.1, 0.15) is 12.6 Å². The molecule has 1 saturated heterocycles. The summed E-state index contributed by atoms with van der Waals surface area (Å²) in [5.74, 6) is -0.128. The molecule has 1 heterocycles. The van der Waals surface area contributed by atoms with Gasteiger partial charge < -0.3 is 14.3 Å². The van der Waals surface area contributed by atoms with Gasteiger partial charge >= 0.3 is 5.97 Å². The average molecular weight is 449 g/mol. The molecule has 0 spiro atoms. The second kappa shape index (κ2) is 9.23. The molecule has 1 aliphatic heterocycles. The van der Waals surface area contributed by atoms with Gasteiger partial charge in [-0.1, -0.05) is 86.3 Å². The van der Waals surface area contributed by atoms with Crippen LogP contribution in [0.25, 0.3) is 0 Å². The zero-order chi connectivity index (χ0) is 22.9. The second-order valence-corrected chi connectivity index (χ2v) is 10.9. The number of likely N-dealkylation sites (N-methyl/N-ethyl adjacent to an activating group) is 1. The number of carbonyl (C=O) groups excluding carboxylic acids is 1. The van der Waals surface area contributed by atoms with Crippen LogP contribution >= 0.6 is 0 Å². The predicted octanol–water partition coefficient (Wildman–Crippen LogP) is 5.20. The summed E-state index contributed by atoms with van der Waals surface area (Å²) in [7, 11) is 2.31. The van der Waals surface area contributed by atoms with Crippen molar-refractivity contribution in [3.63, 3.8) is 0 Å². The van der Waals surface area contributed by atoms with Gasteiger partial charge in [-0.2, -0.15) is 0 Å². The van der Waals surface area contributed by atoms with Crippen molar-refractivity contribution in [1.82, 2.24) is 0 Å². The molecule has 4 unspecified atom stereocenters. The highest BCUT2D eigenvalue weighted by atomic mass is 16.6. The van der Waals surface area contributed by atoms with Gasteiger partial charge in [0.2, 0.25) is 0 Å². The number of nitrogens with zero attached hydrogens (tertiary/aromatic N) is 1. The number of quaternary nitrogens is 1. The van der Waals surface area contributed by atoms with Crippen LogP contribution in [-0.2, 0) is 21.7 Å². The first-order valence-corrected chi connectivity index (χ1v) is 12.9. The molecule has 4 nitrogen and oxygen atoms in total. The Morgan fingerprint density at radius 2 is 1.58 bits per heavy atom. The number of benzene rings is 2. The predicted molar refractivity (Wildman–Crippen MR) is 129 cm³/mol. The minimum absolute atomic E-state index is 0.0841. The van der Waals surface area contributed by atoms with Gasteiger partial charge in [0, 0.05) is 17.9 Å². The lowest BCUT2D eigenvalue weighted by molar-refractivity contribution is -0.939. The van der Waals surface area contributed by atoms with Gasteiger partial charge in [-0.15, -0.1) is 0 Å². The normalized spacial score (nSPS) is 31.6. The number of rotatable bonds is 6. The van der Waals surface area contributed by atoms with Crippen molar-refractivity contribution in [2.24, 2.45) is 11.8 Å². The van der Waals surface area contributed by atoms with E-state index in [4.69, 9.17) is 4.74 Å². The van der Waals surface area contributed by atoms with E-state index in [-0.39, 0.29) is 12.0 Å². The molecule has 0 aromatic heterocycles. The summed E-state index contributed by atoms with van der Waals surface area (Å²) in [5.41, 5.74) is 0.460. The number of ether oxygens (including phenoxy) is 1. The van der Waals surface area contributed by atoms with E-state index in [0.29, 0.717) is 17.5 Å². The van der Waals surface area contributed by atoms with Crippen molar-refractivity contribution in [1.29, 1.82) is 0 Å². The first-order chi connectivity index (χ1) is 16.0. The highest BCUT2D eigenvalue weighted by Crippen LogP contribution is 2.47. The third-order valence-electron chi connectivity index (χ3n) is 8.73. The van der Waals surface area contributed by atoms with Crippen molar-refractivity contribution in [3.8, 4) is 0 Å². The molecule has 3 fully saturated rings. The zero-order valence-corrected chi connectivity index (χ0v) is 19.9. The van der Waals surface area contributed by atoms with E-state index in [2.05, 4.69) is 37.4 Å². The molecule has 3 aliphatic rings. The van der Waals surface area contributed by atoms with E-state index in [1.165, 1.54) is 18.4 Å². The minimum Gasteiger partial charge on any atom is -0.453 e. The fraction of sp³-hybridized carbons (Fsp3) is 0.552. The summed E-state index contributed by atoms with van der Waals surface area (Å²) in [4.78, 5) is 13.8. The Morgan fingerprint density at radius 3 is 2.24 bits per heavy atom. The standard InChI is InChI=1S/C29H38NO3/c1-30(20-22-12-6-4-7-13-22)21-23-18-19-26(30)27(23)33-28(31)29(32,25-16-10-5-11-17-25)24-14-8-2-3-9-15-24/h4-7,10-13,16-17,23-24,26-27,32H,2-3,8-9,14-15,18-21H2,1H3/q+1/t23?,26-,27?,29?,30?/m0/s1. The molecule has 2 saturated carbocycles. The number of hydrogen-bond acceptors (Lipinski definition) is 3. The molecule has 2 aromatic carbocycles. The number of esters is 1. The monoisotopic (exact) mass is 448 g/mol. The molecular weight excluding hydrogens is 410 g/mol. The summed E-state index contributed by atoms with van der Waals surface area (Å²) in [6.07, 6.45) is 8.32. The Bertz CT molecular complexity index is 940. The topological polar surface area (TPSA) is 46.5 Å². The lowest BCUT2D eigenvalue weighted by atomic mass is 9.77. The fourth-order valence-corrected chi connectivity index (χ4v) is 7.04. The fourth-order valence-electron chi connectivity index (χ4n) is 7.04. The van der Waals surface area contributed by atoms with E-state index >= 15 is 0 Å². The lowest BCUT2D eigenvalue weighted by Gasteiger charge is -2.39. The van der Waals surface area contributed by atoms with Crippen LogP contribution < -0.4 is 0 Å². The van der Waals surface area contributed by atoms with Crippen molar-refractivity contribution in [2.45, 2.75) is 75.7 Å². The molecule has 1 N–H and O–H groups in total. The number of piperidine rings is 1. The molecule has 2 bridgehead atoms. The summed E-state index contributed by atoms with van der Waals surface area (Å²) in [6, 6.07) is 20.5. The van der Waals surface area contributed by atoms with E-state index in [1.807, 2.05) is 30.3 Å². The van der Waals surface area contributed by atoms with E-state index < -0.39 is 11.6 Å². The SMILES string of the molecule is C[N+]1(Cc2ccccc2)CC2CC[C@H]1C2OC(=O)C(O)(c1ccccc1)C1CCCCCC1. The number of carbonyl (C=O) groups is 1. The third kappa shape index (κ3) is 4.24. The first-order valence-electron chi connectivity index (χ1n) is 12.9. The number of likely N-dealkylation sites (tertiary alicyclic amines) is 1. The summed E-state index contributed by atoms with van der Waals surface area (Å²) < 4.78 is 7.26. The maximum Gasteiger partial charge on any atom is 0.343 e. The van der Waals surface area contributed by atoms with Crippen LogP contribution in [-0.4, -0.2) is 41.3 Å². The van der Waals surface area contributed by atoms with Gasteiger partial charge in [0.25, 0.3) is 0 Å². The number of aliphatic hydroxyl groups is 1. The molecular formula is C29H38NO3+. The van der Waals surface area contributed by atoms with Crippen LogP contribution in [0.3, 0.4) is 0 Å². The molecule has 33 heavy (non-hydrogen) atoms. The molecule has 4 heteroatoms. The third-order valence-corrected chi connectivity index (χ3v) is 8.73. The van der Waals surface area contributed by atoms with Gasteiger partial charge in [0.05, 0.1) is 19.5 Å². The second-order valence-electron chi connectivity index (χ2n) is 10.9. The molecule has 5 rings (SSSR count). The molecule has 0 amide bonds. The average Bonchev–Trinajstić information content (AvgIpc) is 3.18. The minimum atomic E-state index is -1.56. The highest BCUT2D eigenvalue weighted by molar-refractivity contribution is 5.82. The van der Waals surface area contributed by atoms with Crippen molar-refractivity contribution in [2.75, 3.05) is 13.6 Å². The summed E-state index contributed by atoms with van der Waals surface area (Å²) in [6.45, 7) is 1.99. The lowest BCUT2D eigenvalue weighted by Crippen LogP contribution is -2.52. The smallest absolute Gasteiger partial charge is 0.343 e. The Labute approximate surface area is 198 Å². The molecule has 176 valence electrons. The largest absolute Gasteiger partial charge is 0.453 e. The van der Waals surface area contributed by atoms with Crippen molar-refractivity contribution in [3.05, 3.63) is 71.8 Å². The Balaban J connectivity index is 1.38. The molecule has 0 radical (unpaired) electrons. The maximum atomic E-state index is 13.8. The van der Waals surface area contributed by atoms with Gasteiger partial charge in [-0.05, 0) is 24.8 Å². The van der Waals surface area contributed by atoms with Crippen molar-refractivity contribution >= 4 is 5.97 Å². The van der Waals surface area contributed by atoms with Gasteiger partial charge in [0.15, 0.2) is 11.7 Å². The Morgan fingerprint density at radius 1 is 0.939 bits per heavy atom. The number of hydrogen-bond donors (Lipinski definition) is 1. The molecule has 5 atom stereocenters. The van der Waals surface area contributed by atoms with Gasteiger partial charge in [-0.25, -0.2) is 4.79 Å². The summed E-state index contributed by atoms with van der Waals surface area (Å²) in [5, 5.41) is 12.0. The van der Waals surface area contributed by atoms with E-state index in [0.717, 1.165) is 56.1 Å². The molecule has 2 aliphatic carbocycles. The quantitative estimate of drug-likeness (QED) is 0.376. The first kappa shape index (κ1) is 22.6. The van der Waals surface area contributed by atoms with Crippen LogP contribution in [0.15, 0.2) is 60.7 Å². The van der Waals surface area contributed by atoms with Crippen LogP contribution in [0.4, 0.5) is 0 Å². The van der Waals surface area contributed by atoms with E-state index in [1.54, 1.807) is 0 Å². The van der Waals surface area contributed by atoms with E-state index in [9.17, 15) is 9.90 Å². The van der Waals surface area contributed by atoms with Crippen LogP contribution in [0.1, 0.15) is 62.5 Å². The molecule has 2 aromatic rings. The Kier molecular flexibility index (Phi) is 6.32. The van der Waals surface area contributed by atoms with Crippen LogP contribution in [0.5, 0.6) is 0 Å². The van der Waals surface area contributed by atoms with Gasteiger partial charge in [-0.3, -0.25) is 0 Å². The zero-order valence-electron chi connectivity index (χ0n) is 19.9. The summed E-state index contributed by atoms with van der Waals surface area (Å²) >= 11 is 0. The number of fused-ring (bicyclic) bond motifs is 2. The van der Waals surface area contributed by atoms with Crippen LogP contribution in [0, 0.1) is 11.8 Å². The van der Waals surface area contributed by atoms with Crippen molar-refractivity contribution < 1.29 is 19.1 Å². The Hall–Kier alpha value is -2.17. The van der Waals surface area contributed by atoms with Crippen LogP contribution in [0.2, 0.25) is 0 Å².